The van der Waals surface area contributed by atoms with Gasteiger partial charge in [-0.3, -0.25) is 0 Å². The van der Waals surface area contributed by atoms with Crippen LogP contribution in [0.25, 0.3) is 0 Å². The van der Waals surface area contributed by atoms with Crippen molar-refractivity contribution >= 4 is 12.1 Å². The number of nitrogens with one attached hydrogen (secondary N) is 2. The monoisotopic (exact) mass is 156 g/mol. The second-order valence-electron chi connectivity index (χ2n) is 3.13. The number of urea groups is 2. The molecule has 2 fully saturated rings. The van der Waals surface area contributed by atoms with Crippen LogP contribution in [0.1, 0.15) is 13.8 Å². The number of hydrogen-bond acceptors (Lipinski definition) is 2. The summed E-state index contributed by atoms with van der Waals surface area (Å²) in [6, 6.07) is -0.191. The Labute approximate surface area is 63.9 Å². The molecule has 0 aromatic rings. The van der Waals surface area contributed by atoms with Crippen LogP contribution in [0.15, 0.2) is 0 Å². The Morgan fingerprint density at radius 3 is 2.00 bits per heavy atom. The molecule has 1 spiro atoms. The van der Waals surface area contributed by atoms with Crippen molar-refractivity contribution in [1.82, 2.24) is 10.7 Å². The smallest absolute Gasteiger partial charge is 0.243 e. The number of carbonyl (C=O) groups is 2. The summed E-state index contributed by atoms with van der Waals surface area (Å²) in [6.45, 7) is 3.88. The second kappa shape index (κ2) is 1.55. The highest BCUT2D eigenvalue weighted by molar-refractivity contribution is 5.95. The van der Waals surface area contributed by atoms with Gasteiger partial charge in [0, 0.05) is 0 Å². The second-order valence-corrected chi connectivity index (χ2v) is 3.13. The third-order valence-electron chi connectivity index (χ3n) is 2.74. The first-order valence-corrected chi connectivity index (χ1v) is 3.61. The first-order valence-electron chi connectivity index (χ1n) is 3.61. The lowest BCUT2D eigenvalue weighted by atomic mass is 10.4. The van der Waals surface area contributed by atoms with Crippen LogP contribution in [0, 0.1) is 0 Å². The van der Waals surface area contributed by atoms with Crippen LogP contribution in [0.2, 0.25) is 0 Å². The molecular formula is C6H10N3O2+. The quantitative estimate of drug-likeness (QED) is 0.381. The van der Waals surface area contributed by atoms with Gasteiger partial charge >= 0.3 is 12.1 Å². The fourth-order valence-corrected chi connectivity index (χ4v) is 1.70. The zero-order valence-corrected chi connectivity index (χ0v) is 6.42. The van der Waals surface area contributed by atoms with E-state index in [1.165, 1.54) is 0 Å². The van der Waals surface area contributed by atoms with E-state index in [2.05, 4.69) is 10.7 Å². The van der Waals surface area contributed by atoms with Crippen molar-refractivity contribution in [2.45, 2.75) is 25.9 Å². The van der Waals surface area contributed by atoms with Gasteiger partial charge < -0.3 is 0 Å². The predicted octanol–water partition coefficient (Wildman–Crippen LogP) is -0.0584. The van der Waals surface area contributed by atoms with E-state index < -0.39 is 0 Å². The summed E-state index contributed by atoms with van der Waals surface area (Å²) in [4.78, 5) is 21.9. The van der Waals surface area contributed by atoms with Gasteiger partial charge in [0.2, 0.25) is 0 Å². The Hall–Kier alpha value is -1.10. The van der Waals surface area contributed by atoms with E-state index in [0.29, 0.717) is 0 Å². The van der Waals surface area contributed by atoms with Crippen LogP contribution < -0.4 is 10.7 Å². The topological polar surface area (TPSA) is 58.2 Å². The minimum atomic E-state index is -0.383. The zero-order valence-electron chi connectivity index (χ0n) is 6.42. The van der Waals surface area contributed by atoms with Gasteiger partial charge in [0.1, 0.15) is 0 Å². The molecule has 4 amide bonds. The van der Waals surface area contributed by atoms with E-state index in [1.807, 2.05) is 13.8 Å². The maximum absolute atomic E-state index is 11.2. The first-order chi connectivity index (χ1) is 5.09. The lowest BCUT2D eigenvalue weighted by molar-refractivity contribution is -0.771. The van der Waals surface area contributed by atoms with Gasteiger partial charge in [-0.25, -0.2) is 14.9 Å². The van der Waals surface area contributed by atoms with Crippen molar-refractivity contribution in [1.29, 1.82) is 0 Å². The number of hydrogen-bond donors (Lipinski definition) is 2. The van der Waals surface area contributed by atoms with E-state index in [1.54, 1.807) is 0 Å². The summed E-state index contributed by atoms with van der Waals surface area (Å²) in [5, 5.41) is 2.21. The summed E-state index contributed by atoms with van der Waals surface area (Å²) >= 11 is 0. The molecular weight excluding hydrogens is 146 g/mol. The molecule has 0 bridgehead atoms. The maximum atomic E-state index is 11.2. The number of rotatable bonds is 0. The Bertz CT molecular complexity index is 242. The van der Waals surface area contributed by atoms with Crippen LogP contribution in [0.4, 0.5) is 9.59 Å². The molecule has 2 aliphatic rings. The molecule has 5 heteroatoms. The van der Waals surface area contributed by atoms with Gasteiger partial charge in [-0.05, 0) is 13.8 Å². The summed E-state index contributed by atoms with van der Waals surface area (Å²) in [5.74, 6) is 0. The van der Waals surface area contributed by atoms with Crippen molar-refractivity contribution in [2.75, 3.05) is 0 Å². The molecule has 0 aromatic carbocycles. The molecule has 60 valence electrons. The van der Waals surface area contributed by atoms with Gasteiger partial charge in [-0.2, -0.15) is 5.43 Å². The van der Waals surface area contributed by atoms with Crippen molar-refractivity contribution in [2.24, 2.45) is 0 Å². The zero-order chi connectivity index (χ0) is 8.22. The average Bonchev–Trinajstić information content (AvgIpc) is 2.36. The average molecular weight is 156 g/mol. The Morgan fingerprint density at radius 1 is 1.27 bits per heavy atom. The van der Waals surface area contributed by atoms with Crippen molar-refractivity contribution in [3.05, 3.63) is 0 Å². The molecule has 2 saturated heterocycles. The van der Waals surface area contributed by atoms with Gasteiger partial charge in [-0.1, -0.05) is 0 Å². The minimum Gasteiger partial charge on any atom is -0.243 e. The fraction of sp³-hybridized carbons (Fsp3) is 0.667. The van der Waals surface area contributed by atoms with E-state index >= 15 is 0 Å². The highest BCUT2D eigenvalue weighted by Crippen LogP contribution is 2.38. The lowest BCUT2D eigenvalue weighted by Gasteiger charge is -2.04. The summed E-state index contributed by atoms with van der Waals surface area (Å²) in [5.41, 5.74) is 2.59. The molecule has 11 heavy (non-hydrogen) atoms. The first kappa shape index (κ1) is 6.60. The van der Waals surface area contributed by atoms with Gasteiger partial charge in [0.05, 0.1) is 0 Å². The largest absolute Gasteiger partial charge is 0.450 e. The molecule has 2 rings (SSSR count). The van der Waals surface area contributed by atoms with Gasteiger partial charge in [0.15, 0.2) is 12.1 Å². The standard InChI is InChI=1S/C6H9N3O2/c1-3-4(2)9(3)6(11)7-5(10)8-9/h3-4H,1-2H3,(H-,7,8,10,11)/p+1/t3-,4-/m0/s1. The van der Waals surface area contributed by atoms with Crippen LogP contribution in [-0.4, -0.2) is 28.7 Å². The van der Waals surface area contributed by atoms with Crippen LogP contribution in [0.3, 0.4) is 0 Å². The highest BCUT2D eigenvalue weighted by Gasteiger charge is 2.72. The van der Waals surface area contributed by atoms with Crippen LogP contribution >= 0.6 is 0 Å². The molecule has 0 aromatic heterocycles. The van der Waals surface area contributed by atoms with Crippen LogP contribution in [-0.2, 0) is 0 Å². The van der Waals surface area contributed by atoms with E-state index in [0.717, 1.165) is 0 Å². The lowest BCUT2D eigenvalue weighted by Crippen LogP contribution is -2.41. The summed E-state index contributed by atoms with van der Waals surface area (Å²) in [6.07, 6.45) is 0. The number of carbonyl (C=O) groups excluding carboxylic acids is 2. The van der Waals surface area contributed by atoms with E-state index in [4.69, 9.17) is 0 Å². The molecule has 2 atom stereocenters. The molecule has 5 nitrogen and oxygen atoms in total. The minimum absolute atomic E-state index is 0.0961. The van der Waals surface area contributed by atoms with E-state index in [9.17, 15) is 9.59 Å². The molecule has 2 aliphatic heterocycles. The Morgan fingerprint density at radius 2 is 1.82 bits per heavy atom. The molecule has 2 N–H and O–H groups in total. The molecule has 0 radical (unpaired) electrons. The highest BCUT2D eigenvalue weighted by atomic mass is 16.2. The third-order valence-corrected chi connectivity index (χ3v) is 2.74. The molecule has 0 aliphatic carbocycles. The predicted molar refractivity (Wildman–Crippen MR) is 36.2 cm³/mol. The SMILES string of the molecule is C[C@H]1[C@H](C)[N+]12NC(=O)NC2=O. The molecule has 0 saturated carbocycles. The molecule has 2 heterocycles. The van der Waals surface area contributed by atoms with Crippen molar-refractivity contribution < 1.29 is 14.2 Å². The third kappa shape index (κ3) is 0.544. The number of imide groups is 1. The Balaban J connectivity index is 2.30. The van der Waals surface area contributed by atoms with Crippen molar-refractivity contribution in [3.63, 3.8) is 0 Å². The number of quaternary nitrogens is 1. The van der Waals surface area contributed by atoms with Crippen LogP contribution in [0.5, 0.6) is 0 Å². The van der Waals surface area contributed by atoms with Gasteiger partial charge in [-0.15, -0.1) is 4.59 Å². The van der Waals surface area contributed by atoms with Crippen molar-refractivity contribution in [3.8, 4) is 0 Å². The summed E-state index contributed by atoms with van der Waals surface area (Å²) in [7, 11) is 0. The van der Waals surface area contributed by atoms with E-state index in [-0.39, 0.29) is 28.7 Å². The summed E-state index contributed by atoms with van der Waals surface area (Å²) < 4.78 is 0.0961. The number of nitrogens with zero attached hydrogens (tertiary/aromatic N) is 1. The Kier molecular flexibility index (Phi) is 0.933. The maximum Gasteiger partial charge on any atom is 0.450 e. The number of amides is 4. The van der Waals surface area contributed by atoms with Gasteiger partial charge in [0.25, 0.3) is 0 Å². The molecule has 0 unspecified atom stereocenters. The normalized spacial score (nSPS) is 47.5. The fourth-order valence-electron chi connectivity index (χ4n) is 1.70.